The number of Topliss-reactive ketones (excluding diaryl/α,β-unsaturated/α-hetero) is 2. The lowest BCUT2D eigenvalue weighted by Crippen LogP contribution is -2.63. The Hall–Kier alpha value is -7.14. The average Bonchev–Trinajstić information content (AvgIpc) is 3.19. The van der Waals surface area contributed by atoms with Crippen LogP contribution in [0.15, 0.2) is 60.3 Å². The van der Waals surface area contributed by atoms with Crippen molar-refractivity contribution in [3.63, 3.8) is 0 Å². The molecule has 1 N–H and O–H groups in total. The zero-order valence-electron chi connectivity index (χ0n) is 34.3. The van der Waals surface area contributed by atoms with Crippen LogP contribution in [0, 0.1) is 13.8 Å². The average molecular weight is 840 g/mol. The molecule has 17 heteroatoms. The van der Waals surface area contributed by atoms with E-state index in [4.69, 9.17) is 37.9 Å². The number of esters is 4. The molecule has 0 spiro atoms. The lowest BCUT2D eigenvalue weighted by Gasteiger charge is -2.43. The number of carbonyl (C=O) groups excluding carboxylic acids is 8. The smallest absolute Gasteiger partial charge is 0.303 e. The van der Waals surface area contributed by atoms with Gasteiger partial charge in [-0.25, -0.2) is 0 Å². The molecule has 17 nitrogen and oxygen atoms in total. The Morgan fingerprint density at radius 1 is 0.672 bits per heavy atom. The standard InChI is InChI=1S/C44H41NO16/c1-19-13-28-36(33(14-19)54-7)32(51)16-29(38(28)52)35-20(2)15-27-31(50)17-30(39(53)37(27)41(35)55-8)45-25-9-11-26(12-10-25)60-44-43(59-24(6)49)42(58-23(5)48)40(57-22(4)47)34(61-44)18-56-21(3)46/h9-17,34,40,42-45H,18H2,1-8H3/t34-,40+,42+,43-,44?/m1/s1. The first kappa shape index (κ1) is 43.4. The Morgan fingerprint density at radius 3 is 1.92 bits per heavy atom. The molecule has 1 aliphatic heterocycles. The maximum atomic E-state index is 14.2. The SMILES string of the molecule is COc1cc(C)cc2c1C(=O)C=C(c1c(C)cc3c(c1OC)C(=O)C(Nc1ccc(OC4O[C@H](COC(C)=O)[C@H](OC(C)=O)[C@H](OC(C)=O)[C@H]4OC(C)=O)cc1)=CC3=O)C2=O. The highest BCUT2D eigenvalue weighted by molar-refractivity contribution is 6.40. The summed E-state index contributed by atoms with van der Waals surface area (Å²) in [5.74, 6) is -4.93. The summed E-state index contributed by atoms with van der Waals surface area (Å²) in [5, 5.41) is 2.94. The first-order valence-corrected chi connectivity index (χ1v) is 18.8. The van der Waals surface area contributed by atoms with Gasteiger partial charge in [-0.2, -0.15) is 0 Å². The topological polar surface area (TPSA) is 222 Å². The Kier molecular flexibility index (Phi) is 12.5. The van der Waals surface area contributed by atoms with Crippen LogP contribution in [0.25, 0.3) is 5.57 Å². The summed E-state index contributed by atoms with van der Waals surface area (Å²) in [6.45, 7) is 7.40. The van der Waals surface area contributed by atoms with Gasteiger partial charge in [-0.15, -0.1) is 0 Å². The van der Waals surface area contributed by atoms with Gasteiger partial charge in [-0.1, -0.05) is 0 Å². The van der Waals surface area contributed by atoms with Gasteiger partial charge in [0.25, 0.3) is 0 Å². The van der Waals surface area contributed by atoms with Crippen LogP contribution in [0.2, 0.25) is 0 Å². The molecule has 0 radical (unpaired) electrons. The van der Waals surface area contributed by atoms with Crippen LogP contribution in [0.4, 0.5) is 5.69 Å². The maximum Gasteiger partial charge on any atom is 0.303 e. The molecule has 1 unspecified atom stereocenters. The van der Waals surface area contributed by atoms with Gasteiger partial charge >= 0.3 is 23.9 Å². The van der Waals surface area contributed by atoms with Gasteiger partial charge < -0.3 is 43.2 Å². The summed E-state index contributed by atoms with van der Waals surface area (Å²) in [6.07, 6.45) is -4.74. The monoisotopic (exact) mass is 839 g/mol. The number of hydrogen-bond acceptors (Lipinski definition) is 17. The van der Waals surface area contributed by atoms with Crippen LogP contribution in [-0.4, -0.2) is 98.5 Å². The molecule has 6 rings (SSSR count). The Balaban J connectivity index is 1.28. The second-order valence-electron chi connectivity index (χ2n) is 14.3. The molecule has 61 heavy (non-hydrogen) atoms. The Morgan fingerprint density at radius 2 is 1.31 bits per heavy atom. The fraction of sp³-hybridized carbons (Fsp3) is 0.318. The van der Waals surface area contributed by atoms with Crippen molar-refractivity contribution in [2.45, 2.75) is 72.2 Å². The van der Waals surface area contributed by atoms with E-state index in [1.165, 1.54) is 50.6 Å². The molecule has 1 heterocycles. The lowest BCUT2D eigenvalue weighted by atomic mass is 9.80. The van der Waals surface area contributed by atoms with Crippen molar-refractivity contribution >= 4 is 58.3 Å². The van der Waals surface area contributed by atoms with E-state index in [0.717, 1.165) is 33.8 Å². The van der Waals surface area contributed by atoms with Crippen molar-refractivity contribution in [1.29, 1.82) is 0 Å². The van der Waals surface area contributed by atoms with E-state index < -0.39 is 84.3 Å². The summed E-state index contributed by atoms with van der Waals surface area (Å²) in [6, 6.07) is 10.6. The van der Waals surface area contributed by atoms with Gasteiger partial charge in [0.05, 0.1) is 31.0 Å². The number of benzene rings is 3. The Labute approximate surface area is 348 Å². The summed E-state index contributed by atoms with van der Waals surface area (Å²) in [7, 11) is 2.70. The molecule has 5 atom stereocenters. The number of anilines is 1. The summed E-state index contributed by atoms with van der Waals surface area (Å²) < 4.78 is 44.6. The maximum absolute atomic E-state index is 14.2. The molecule has 0 saturated carbocycles. The van der Waals surface area contributed by atoms with E-state index in [-0.39, 0.29) is 56.3 Å². The zero-order valence-corrected chi connectivity index (χ0v) is 34.3. The molecular formula is C44H41NO16. The van der Waals surface area contributed by atoms with E-state index in [9.17, 15) is 38.4 Å². The first-order valence-electron chi connectivity index (χ1n) is 18.8. The van der Waals surface area contributed by atoms with E-state index in [0.29, 0.717) is 16.8 Å². The first-order chi connectivity index (χ1) is 28.9. The number of hydrogen-bond donors (Lipinski definition) is 1. The predicted octanol–water partition coefficient (Wildman–Crippen LogP) is 4.62. The lowest BCUT2D eigenvalue weighted by molar-refractivity contribution is -0.288. The van der Waals surface area contributed by atoms with E-state index >= 15 is 0 Å². The number of ketones is 4. The van der Waals surface area contributed by atoms with E-state index in [1.807, 2.05) is 0 Å². The highest BCUT2D eigenvalue weighted by Gasteiger charge is 2.53. The summed E-state index contributed by atoms with van der Waals surface area (Å²) in [4.78, 5) is 103. The molecule has 1 fully saturated rings. The van der Waals surface area contributed by atoms with Crippen molar-refractivity contribution in [2.75, 3.05) is 26.1 Å². The minimum atomic E-state index is -1.50. The van der Waals surface area contributed by atoms with Gasteiger partial charge in [0.1, 0.15) is 30.0 Å². The van der Waals surface area contributed by atoms with Crippen molar-refractivity contribution in [2.24, 2.45) is 0 Å². The second kappa shape index (κ2) is 17.6. The number of carbonyl (C=O) groups is 8. The summed E-state index contributed by atoms with van der Waals surface area (Å²) >= 11 is 0. The number of aryl methyl sites for hydroxylation is 2. The van der Waals surface area contributed by atoms with Crippen LogP contribution >= 0.6 is 0 Å². The summed E-state index contributed by atoms with van der Waals surface area (Å²) in [5.41, 5.74) is 1.62. The third kappa shape index (κ3) is 8.91. The minimum absolute atomic E-state index is 0.0149. The third-order valence-corrected chi connectivity index (χ3v) is 9.78. The van der Waals surface area contributed by atoms with E-state index in [1.54, 1.807) is 26.0 Å². The normalized spacial score (nSPS) is 20.6. The largest absolute Gasteiger partial charge is 0.496 e. The van der Waals surface area contributed by atoms with Crippen LogP contribution in [0.1, 0.15) is 85.8 Å². The number of ether oxygens (including phenoxy) is 8. The minimum Gasteiger partial charge on any atom is -0.496 e. The molecule has 1 saturated heterocycles. The molecule has 3 aliphatic rings. The van der Waals surface area contributed by atoms with Gasteiger partial charge in [-0.3, -0.25) is 38.4 Å². The van der Waals surface area contributed by atoms with Gasteiger partial charge in [0.15, 0.2) is 29.6 Å². The highest BCUT2D eigenvalue weighted by Crippen LogP contribution is 2.43. The van der Waals surface area contributed by atoms with E-state index in [2.05, 4.69) is 5.32 Å². The molecule has 2 aliphatic carbocycles. The molecule has 3 aromatic rings. The fourth-order valence-corrected chi connectivity index (χ4v) is 7.38. The van der Waals surface area contributed by atoms with Gasteiger partial charge in [0, 0.05) is 61.7 Å². The molecule has 318 valence electrons. The van der Waals surface area contributed by atoms with Gasteiger partial charge in [0.2, 0.25) is 18.2 Å². The molecular weight excluding hydrogens is 798 g/mol. The van der Waals surface area contributed by atoms with Crippen molar-refractivity contribution in [3.05, 3.63) is 99.3 Å². The van der Waals surface area contributed by atoms with Crippen LogP contribution < -0.4 is 19.5 Å². The number of allylic oxidation sites excluding steroid dienone is 4. The molecule has 3 aromatic carbocycles. The van der Waals surface area contributed by atoms with Crippen LogP contribution in [0.5, 0.6) is 17.2 Å². The van der Waals surface area contributed by atoms with Gasteiger partial charge in [-0.05, 0) is 73.5 Å². The fourth-order valence-electron chi connectivity index (χ4n) is 7.38. The quantitative estimate of drug-likeness (QED) is 0.194. The predicted molar refractivity (Wildman–Crippen MR) is 211 cm³/mol. The Bertz CT molecular complexity index is 2450. The number of rotatable bonds is 12. The molecule has 0 bridgehead atoms. The van der Waals surface area contributed by atoms with Crippen molar-refractivity contribution < 1.29 is 76.3 Å². The third-order valence-electron chi connectivity index (χ3n) is 9.78. The highest BCUT2D eigenvalue weighted by atomic mass is 16.7. The zero-order chi connectivity index (χ0) is 44.4. The number of nitrogens with one attached hydrogen (secondary N) is 1. The van der Waals surface area contributed by atoms with Crippen LogP contribution in [0.3, 0.4) is 0 Å². The molecule has 0 amide bonds. The van der Waals surface area contributed by atoms with Crippen molar-refractivity contribution in [1.82, 2.24) is 0 Å². The second-order valence-corrected chi connectivity index (χ2v) is 14.3. The van der Waals surface area contributed by atoms with Crippen molar-refractivity contribution in [3.8, 4) is 17.2 Å². The molecule has 0 aromatic heterocycles. The number of fused-ring (bicyclic) bond motifs is 2. The number of methoxy groups -OCH3 is 2. The van der Waals surface area contributed by atoms with Crippen LogP contribution in [-0.2, 0) is 42.9 Å².